The van der Waals surface area contributed by atoms with Crippen LogP contribution < -0.4 is 10.0 Å². The number of hydrogen-bond donors (Lipinski definition) is 2. The van der Waals surface area contributed by atoms with E-state index >= 15 is 0 Å². The first kappa shape index (κ1) is 20.9. The van der Waals surface area contributed by atoms with Gasteiger partial charge >= 0.3 is 0 Å². The van der Waals surface area contributed by atoms with E-state index in [0.29, 0.717) is 19.4 Å². The third-order valence-electron chi connectivity index (χ3n) is 4.63. The van der Waals surface area contributed by atoms with Gasteiger partial charge in [-0.1, -0.05) is 31.4 Å². The molecule has 146 valence electrons. The molecule has 0 radical (unpaired) electrons. The number of ether oxygens (including phenoxy) is 1. The van der Waals surface area contributed by atoms with Gasteiger partial charge in [0.1, 0.15) is 0 Å². The Labute approximate surface area is 156 Å². The number of nitrogens with one attached hydrogen (secondary N) is 2. The van der Waals surface area contributed by atoms with E-state index < -0.39 is 10.0 Å². The molecule has 1 amide bonds. The Bertz CT molecular complexity index is 667. The Morgan fingerprint density at radius 1 is 1.19 bits per heavy atom. The highest BCUT2D eigenvalue weighted by atomic mass is 32.2. The monoisotopic (exact) mass is 382 g/mol. The summed E-state index contributed by atoms with van der Waals surface area (Å²) in [7, 11) is -1.87. The van der Waals surface area contributed by atoms with Gasteiger partial charge in [-0.05, 0) is 43.9 Å². The van der Waals surface area contributed by atoms with Crippen molar-refractivity contribution in [3.63, 3.8) is 0 Å². The molecule has 0 spiro atoms. The van der Waals surface area contributed by atoms with Crippen molar-refractivity contribution in [2.24, 2.45) is 0 Å². The highest BCUT2D eigenvalue weighted by molar-refractivity contribution is 7.89. The molecule has 1 aromatic carbocycles. The molecular weight excluding hydrogens is 352 g/mol. The molecule has 0 heterocycles. The van der Waals surface area contributed by atoms with Crippen LogP contribution in [0, 0.1) is 0 Å². The fourth-order valence-electron chi connectivity index (χ4n) is 3.24. The fraction of sp³-hybridized carbons (Fsp3) is 0.632. The van der Waals surface area contributed by atoms with Crippen molar-refractivity contribution < 1.29 is 17.9 Å². The summed E-state index contributed by atoms with van der Waals surface area (Å²) in [4.78, 5) is 12.2. The van der Waals surface area contributed by atoms with Crippen molar-refractivity contribution in [2.45, 2.75) is 68.8 Å². The zero-order valence-electron chi connectivity index (χ0n) is 15.7. The molecule has 0 aliphatic heterocycles. The maximum Gasteiger partial charge on any atom is 0.240 e. The largest absolute Gasteiger partial charge is 0.383 e. The number of aryl methyl sites for hydroxylation is 1. The zero-order valence-corrected chi connectivity index (χ0v) is 16.5. The van der Waals surface area contributed by atoms with Gasteiger partial charge in [-0.3, -0.25) is 4.79 Å². The number of carbonyl (C=O) groups is 1. The molecule has 1 fully saturated rings. The van der Waals surface area contributed by atoms with E-state index in [0.717, 1.165) is 31.2 Å². The standard InChI is InChI=1S/C19H30N2O4S/c1-15(14-25-2)20-19(22)13-10-16-8-11-18(12-9-16)26(23,24)21-17-6-4-3-5-7-17/h8-9,11-12,15,17,21H,3-7,10,13-14H2,1-2H3,(H,20,22)/t15-/m1/s1. The van der Waals surface area contributed by atoms with E-state index in [2.05, 4.69) is 10.0 Å². The molecule has 2 rings (SSSR count). The molecular formula is C19H30N2O4S. The number of hydrogen-bond acceptors (Lipinski definition) is 4. The predicted molar refractivity (Wildman–Crippen MR) is 101 cm³/mol. The number of rotatable bonds is 9. The van der Waals surface area contributed by atoms with Crippen molar-refractivity contribution in [3.05, 3.63) is 29.8 Å². The number of benzene rings is 1. The second-order valence-electron chi connectivity index (χ2n) is 7.02. The molecule has 1 atom stereocenters. The molecule has 0 aromatic heterocycles. The molecule has 1 aliphatic carbocycles. The summed E-state index contributed by atoms with van der Waals surface area (Å²) in [5, 5.41) is 2.86. The minimum Gasteiger partial charge on any atom is -0.383 e. The SMILES string of the molecule is COC[C@@H](C)NC(=O)CCc1ccc(S(=O)(=O)NC2CCCCC2)cc1. The fourth-order valence-corrected chi connectivity index (χ4v) is 4.54. The van der Waals surface area contributed by atoms with Crippen LogP contribution in [0.15, 0.2) is 29.2 Å². The molecule has 6 nitrogen and oxygen atoms in total. The predicted octanol–water partition coefficient (Wildman–Crippen LogP) is 2.38. The lowest BCUT2D eigenvalue weighted by atomic mass is 9.96. The zero-order chi connectivity index (χ0) is 19.0. The van der Waals surface area contributed by atoms with Crippen molar-refractivity contribution in [2.75, 3.05) is 13.7 Å². The van der Waals surface area contributed by atoms with Crippen LogP contribution in [0.25, 0.3) is 0 Å². The van der Waals surface area contributed by atoms with Gasteiger partial charge in [0, 0.05) is 25.6 Å². The minimum absolute atomic E-state index is 0.0223. The normalized spacial score (nSPS) is 17.0. The van der Waals surface area contributed by atoms with E-state index in [1.807, 2.05) is 6.92 Å². The van der Waals surface area contributed by atoms with Crippen molar-refractivity contribution in [1.29, 1.82) is 0 Å². The molecule has 2 N–H and O–H groups in total. The van der Waals surface area contributed by atoms with Crippen molar-refractivity contribution in [3.8, 4) is 0 Å². The summed E-state index contributed by atoms with van der Waals surface area (Å²) in [6.07, 6.45) is 6.10. The van der Waals surface area contributed by atoms with Crippen LogP contribution in [0.2, 0.25) is 0 Å². The molecule has 26 heavy (non-hydrogen) atoms. The van der Waals surface area contributed by atoms with Gasteiger partial charge < -0.3 is 10.1 Å². The molecule has 1 aromatic rings. The Morgan fingerprint density at radius 2 is 1.85 bits per heavy atom. The van der Waals surface area contributed by atoms with Crippen LogP contribution in [0.4, 0.5) is 0 Å². The summed E-state index contributed by atoms with van der Waals surface area (Å²) in [6.45, 7) is 2.37. The maximum absolute atomic E-state index is 12.5. The summed E-state index contributed by atoms with van der Waals surface area (Å²) in [5.74, 6) is -0.0368. The Balaban J connectivity index is 1.86. The quantitative estimate of drug-likeness (QED) is 0.687. The van der Waals surface area contributed by atoms with Crippen molar-refractivity contribution >= 4 is 15.9 Å². The average molecular weight is 383 g/mol. The number of carbonyl (C=O) groups excluding carboxylic acids is 1. The van der Waals surface area contributed by atoms with Gasteiger partial charge in [0.25, 0.3) is 0 Å². The molecule has 0 unspecified atom stereocenters. The van der Waals surface area contributed by atoms with Crippen LogP contribution >= 0.6 is 0 Å². The van der Waals surface area contributed by atoms with Crippen LogP contribution in [-0.2, 0) is 26.0 Å². The number of sulfonamides is 1. The van der Waals surface area contributed by atoms with Crippen LogP contribution in [-0.4, -0.2) is 40.1 Å². The first-order valence-electron chi connectivity index (χ1n) is 9.30. The Morgan fingerprint density at radius 3 is 2.46 bits per heavy atom. The first-order chi connectivity index (χ1) is 12.4. The summed E-state index contributed by atoms with van der Waals surface area (Å²) < 4.78 is 32.7. The average Bonchev–Trinajstić information content (AvgIpc) is 2.61. The third-order valence-corrected chi connectivity index (χ3v) is 6.16. The third kappa shape index (κ3) is 6.70. The van der Waals surface area contributed by atoms with E-state index in [9.17, 15) is 13.2 Å². The Kier molecular flexibility index (Phi) is 8.06. The van der Waals surface area contributed by atoms with Gasteiger partial charge in [0.2, 0.25) is 15.9 Å². The molecule has 0 saturated heterocycles. The minimum atomic E-state index is -3.47. The van der Waals surface area contributed by atoms with Crippen LogP contribution in [0.3, 0.4) is 0 Å². The lowest BCUT2D eigenvalue weighted by Gasteiger charge is -2.22. The van der Waals surface area contributed by atoms with Gasteiger partial charge in [-0.2, -0.15) is 0 Å². The van der Waals surface area contributed by atoms with Crippen LogP contribution in [0.1, 0.15) is 51.0 Å². The lowest BCUT2D eigenvalue weighted by Crippen LogP contribution is -2.36. The summed E-state index contributed by atoms with van der Waals surface area (Å²) in [6, 6.07) is 6.82. The maximum atomic E-state index is 12.5. The highest BCUT2D eigenvalue weighted by Gasteiger charge is 2.21. The first-order valence-corrected chi connectivity index (χ1v) is 10.8. The number of amides is 1. The molecule has 0 bridgehead atoms. The van der Waals surface area contributed by atoms with Crippen molar-refractivity contribution in [1.82, 2.24) is 10.0 Å². The molecule has 1 saturated carbocycles. The topological polar surface area (TPSA) is 84.5 Å². The van der Waals surface area contributed by atoms with Gasteiger partial charge in [-0.25, -0.2) is 13.1 Å². The van der Waals surface area contributed by atoms with E-state index in [4.69, 9.17) is 4.74 Å². The van der Waals surface area contributed by atoms with Gasteiger partial charge in [0.05, 0.1) is 11.5 Å². The van der Waals surface area contributed by atoms with Gasteiger partial charge in [0.15, 0.2) is 0 Å². The van der Waals surface area contributed by atoms with E-state index in [-0.39, 0.29) is 22.9 Å². The Hall–Kier alpha value is -1.44. The number of methoxy groups -OCH3 is 1. The highest BCUT2D eigenvalue weighted by Crippen LogP contribution is 2.20. The van der Waals surface area contributed by atoms with E-state index in [1.54, 1.807) is 31.4 Å². The summed E-state index contributed by atoms with van der Waals surface area (Å²) >= 11 is 0. The molecule has 7 heteroatoms. The summed E-state index contributed by atoms with van der Waals surface area (Å²) in [5.41, 5.74) is 0.941. The lowest BCUT2D eigenvalue weighted by molar-refractivity contribution is -0.122. The second-order valence-corrected chi connectivity index (χ2v) is 8.74. The van der Waals surface area contributed by atoms with Crippen LogP contribution in [0.5, 0.6) is 0 Å². The smallest absolute Gasteiger partial charge is 0.240 e. The second kappa shape index (κ2) is 10.0. The van der Waals surface area contributed by atoms with E-state index in [1.165, 1.54) is 6.42 Å². The molecule has 1 aliphatic rings. The van der Waals surface area contributed by atoms with Gasteiger partial charge in [-0.15, -0.1) is 0 Å².